The van der Waals surface area contributed by atoms with E-state index in [1.54, 1.807) is 30.5 Å². The summed E-state index contributed by atoms with van der Waals surface area (Å²) in [7, 11) is 0. The number of phenols is 2. The molecule has 110 valence electrons. The van der Waals surface area contributed by atoms with Gasteiger partial charge in [-0.1, -0.05) is 6.07 Å². The number of rotatable bonds is 3. The Morgan fingerprint density at radius 1 is 0.864 bits per heavy atom. The van der Waals surface area contributed by atoms with Gasteiger partial charge in [0, 0.05) is 23.9 Å². The third kappa shape index (κ3) is 2.77. The minimum absolute atomic E-state index is 0.179. The molecule has 3 rings (SSSR count). The van der Waals surface area contributed by atoms with E-state index in [1.165, 1.54) is 0 Å². The SMILES string of the molecule is NCc1cc(O)cc(-c2cccnc2-c2ccc(O)cc2)c1. The Labute approximate surface area is 128 Å². The molecule has 0 atom stereocenters. The monoisotopic (exact) mass is 292 g/mol. The molecule has 3 aromatic rings. The van der Waals surface area contributed by atoms with E-state index in [9.17, 15) is 10.2 Å². The van der Waals surface area contributed by atoms with Crippen molar-refractivity contribution in [3.8, 4) is 33.9 Å². The summed E-state index contributed by atoms with van der Waals surface area (Å²) in [6, 6.07) is 16.0. The van der Waals surface area contributed by atoms with Gasteiger partial charge in [0.25, 0.3) is 0 Å². The maximum Gasteiger partial charge on any atom is 0.116 e. The third-order valence-corrected chi connectivity index (χ3v) is 3.47. The number of aromatic nitrogens is 1. The van der Waals surface area contributed by atoms with Crippen LogP contribution in [0.3, 0.4) is 0 Å². The van der Waals surface area contributed by atoms with Gasteiger partial charge in [0.1, 0.15) is 11.5 Å². The lowest BCUT2D eigenvalue weighted by Crippen LogP contribution is -1.97. The fraction of sp³-hybridized carbons (Fsp3) is 0.0556. The smallest absolute Gasteiger partial charge is 0.116 e. The number of pyridine rings is 1. The molecule has 0 fully saturated rings. The first-order valence-corrected chi connectivity index (χ1v) is 6.95. The van der Waals surface area contributed by atoms with E-state index in [0.29, 0.717) is 6.54 Å². The molecule has 0 amide bonds. The molecule has 0 unspecified atom stereocenters. The van der Waals surface area contributed by atoms with E-state index in [4.69, 9.17) is 5.73 Å². The predicted octanol–water partition coefficient (Wildman–Crippen LogP) is 3.29. The molecule has 1 aromatic heterocycles. The minimum atomic E-state index is 0.179. The van der Waals surface area contributed by atoms with Crippen LogP contribution in [0.25, 0.3) is 22.4 Å². The van der Waals surface area contributed by atoms with Crippen molar-refractivity contribution < 1.29 is 10.2 Å². The molecule has 0 aliphatic rings. The Bertz CT molecular complexity index is 798. The van der Waals surface area contributed by atoms with E-state index >= 15 is 0 Å². The highest BCUT2D eigenvalue weighted by Crippen LogP contribution is 2.33. The summed E-state index contributed by atoms with van der Waals surface area (Å²) in [5.41, 5.74) is 9.98. The molecule has 4 heteroatoms. The standard InChI is InChI=1S/C18H16N2O2/c19-11-12-8-14(10-16(22)9-12)17-2-1-7-20-18(17)13-3-5-15(21)6-4-13/h1-10,21-22H,11,19H2. The van der Waals surface area contributed by atoms with E-state index < -0.39 is 0 Å². The summed E-state index contributed by atoms with van der Waals surface area (Å²) < 4.78 is 0. The fourth-order valence-electron chi connectivity index (χ4n) is 2.43. The zero-order valence-electron chi connectivity index (χ0n) is 11.9. The van der Waals surface area contributed by atoms with Crippen LogP contribution in [0.4, 0.5) is 0 Å². The fourth-order valence-corrected chi connectivity index (χ4v) is 2.43. The summed E-state index contributed by atoms with van der Waals surface area (Å²) in [6.07, 6.45) is 1.72. The Hall–Kier alpha value is -2.85. The Morgan fingerprint density at radius 3 is 2.36 bits per heavy atom. The zero-order valence-corrected chi connectivity index (χ0v) is 11.9. The molecule has 0 saturated heterocycles. The van der Waals surface area contributed by atoms with Crippen LogP contribution in [0.2, 0.25) is 0 Å². The number of phenolic OH excluding ortho intramolecular Hbond substituents is 2. The minimum Gasteiger partial charge on any atom is -0.508 e. The van der Waals surface area contributed by atoms with Crippen LogP contribution in [0.15, 0.2) is 60.8 Å². The van der Waals surface area contributed by atoms with Gasteiger partial charge in [-0.2, -0.15) is 0 Å². The van der Waals surface area contributed by atoms with E-state index in [0.717, 1.165) is 27.9 Å². The largest absolute Gasteiger partial charge is 0.508 e. The first-order valence-electron chi connectivity index (χ1n) is 6.95. The van der Waals surface area contributed by atoms with Gasteiger partial charge in [0.15, 0.2) is 0 Å². The van der Waals surface area contributed by atoms with E-state index in [2.05, 4.69) is 4.98 Å². The predicted molar refractivity (Wildman–Crippen MR) is 86.3 cm³/mol. The number of benzene rings is 2. The van der Waals surface area contributed by atoms with Gasteiger partial charge < -0.3 is 15.9 Å². The highest BCUT2D eigenvalue weighted by Gasteiger charge is 2.10. The second kappa shape index (κ2) is 5.87. The Kier molecular flexibility index (Phi) is 3.76. The molecule has 0 bridgehead atoms. The van der Waals surface area contributed by atoms with Crippen LogP contribution in [0.5, 0.6) is 11.5 Å². The summed E-state index contributed by atoms with van der Waals surface area (Å²) in [6.45, 7) is 0.357. The molecule has 0 radical (unpaired) electrons. The topological polar surface area (TPSA) is 79.4 Å². The van der Waals surface area contributed by atoms with Crippen molar-refractivity contribution in [1.82, 2.24) is 4.98 Å². The van der Waals surface area contributed by atoms with E-state index in [1.807, 2.05) is 30.3 Å². The van der Waals surface area contributed by atoms with Gasteiger partial charge in [-0.3, -0.25) is 4.98 Å². The van der Waals surface area contributed by atoms with Crippen LogP contribution in [-0.2, 0) is 6.54 Å². The molecular weight excluding hydrogens is 276 g/mol. The number of nitrogens with zero attached hydrogens (tertiary/aromatic N) is 1. The van der Waals surface area contributed by atoms with Crippen molar-refractivity contribution in [2.75, 3.05) is 0 Å². The molecular formula is C18H16N2O2. The van der Waals surface area contributed by atoms with Crippen LogP contribution in [0.1, 0.15) is 5.56 Å². The maximum atomic E-state index is 9.88. The lowest BCUT2D eigenvalue weighted by Gasteiger charge is -2.11. The van der Waals surface area contributed by atoms with Crippen LogP contribution < -0.4 is 5.73 Å². The first-order chi connectivity index (χ1) is 10.7. The first kappa shape index (κ1) is 14.1. The molecule has 2 aromatic carbocycles. The molecule has 4 nitrogen and oxygen atoms in total. The van der Waals surface area contributed by atoms with Gasteiger partial charge in [-0.25, -0.2) is 0 Å². The van der Waals surface area contributed by atoms with Gasteiger partial charge in [0.2, 0.25) is 0 Å². The van der Waals surface area contributed by atoms with Crippen LogP contribution >= 0.6 is 0 Å². The van der Waals surface area contributed by atoms with Crippen LogP contribution in [0, 0.1) is 0 Å². The Morgan fingerprint density at radius 2 is 1.64 bits per heavy atom. The number of aromatic hydroxyl groups is 2. The van der Waals surface area contributed by atoms with Crippen molar-refractivity contribution in [2.24, 2.45) is 5.73 Å². The molecule has 0 spiro atoms. The quantitative estimate of drug-likeness (QED) is 0.692. The van der Waals surface area contributed by atoms with Crippen LogP contribution in [-0.4, -0.2) is 15.2 Å². The second-order valence-corrected chi connectivity index (χ2v) is 5.04. The number of nitrogens with two attached hydrogens (primary N) is 1. The number of hydrogen-bond donors (Lipinski definition) is 3. The molecule has 22 heavy (non-hydrogen) atoms. The summed E-state index contributed by atoms with van der Waals surface area (Å²) >= 11 is 0. The molecule has 0 aliphatic heterocycles. The van der Waals surface area contributed by atoms with Gasteiger partial charge in [-0.05, 0) is 59.7 Å². The van der Waals surface area contributed by atoms with Crippen molar-refractivity contribution in [1.29, 1.82) is 0 Å². The van der Waals surface area contributed by atoms with Crippen molar-refractivity contribution in [2.45, 2.75) is 6.54 Å². The average molecular weight is 292 g/mol. The van der Waals surface area contributed by atoms with Crippen molar-refractivity contribution >= 4 is 0 Å². The molecule has 0 aliphatic carbocycles. The van der Waals surface area contributed by atoms with Gasteiger partial charge in [-0.15, -0.1) is 0 Å². The normalized spacial score (nSPS) is 10.6. The second-order valence-electron chi connectivity index (χ2n) is 5.04. The van der Waals surface area contributed by atoms with Crippen molar-refractivity contribution in [3.05, 3.63) is 66.4 Å². The van der Waals surface area contributed by atoms with Crippen molar-refractivity contribution in [3.63, 3.8) is 0 Å². The summed E-state index contributed by atoms with van der Waals surface area (Å²) in [5.74, 6) is 0.391. The zero-order chi connectivity index (χ0) is 15.5. The third-order valence-electron chi connectivity index (χ3n) is 3.47. The lowest BCUT2D eigenvalue weighted by atomic mass is 9.97. The maximum absolute atomic E-state index is 9.88. The lowest BCUT2D eigenvalue weighted by molar-refractivity contribution is 0.474. The molecule has 0 saturated carbocycles. The highest BCUT2D eigenvalue weighted by atomic mass is 16.3. The number of hydrogen-bond acceptors (Lipinski definition) is 4. The summed E-state index contributed by atoms with van der Waals surface area (Å²) in [5, 5.41) is 19.3. The molecule has 1 heterocycles. The Balaban J connectivity index is 2.16. The van der Waals surface area contributed by atoms with E-state index in [-0.39, 0.29) is 11.5 Å². The highest BCUT2D eigenvalue weighted by molar-refractivity contribution is 5.81. The average Bonchev–Trinajstić information content (AvgIpc) is 2.55. The van der Waals surface area contributed by atoms with Gasteiger partial charge >= 0.3 is 0 Å². The summed E-state index contributed by atoms with van der Waals surface area (Å²) in [4.78, 5) is 4.45. The van der Waals surface area contributed by atoms with Gasteiger partial charge in [0.05, 0.1) is 5.69 Å². The molecule has 4 N–H and O–H groups in total.